The summed E-state index contributed by atoms with van der Waals surface area (Å²) in [6, 6.07) is 11.4. The quantitative estimate of drug-likeness (QED) is 0.518. The molecule has 142 valence electrons. The normalized spacial score (nSPS) is 11.0. The molecule has 4 aromatic rings. The molecule has 0 unspecified atom stereocenters. The Morgan fingerprint density at radius 1 is 1.18 bits per heavy atom. The highest BCUT2D eigenvalue weighted by molar-refractivity contribution is 7.20. The minimum atomic E-state index is -0.0285. The molecule has 0 fully saturated rings. The summed E-state index contributed by atoms with van der Waals surface area (Å²) in [6.07, 6.45) is 5.45. The van der Waals surface area contributed by atoms with Gasteiger partial charge in [0.25, 0.3) is 5.91 Å². The van der Waals surface area contributed by atoms with E-state index in [0.29, 0.717) is 5.56 Å². The first kappa shape index (κ1) is 18.1. The highest BCUT2D eigenvalue weighted by Crippen LogP contribution is 2.31. The number of fused-ring (bicyclic) bond motifs is 1. The molecule has 7 nitrogen and oxygen atoms in total. The first-order valence-corrected chi connectivity index (χ1v) is 9.74. The number of imidazole rings is 1. The van der Waals surface area contributed by atoms with E-state index in [1.54, 1.807) is 35.9 Å². The molecule has 0 aliphatic carbocycles. The number of nitrogens with zero attached hydrogens (tertiary/aromatic N) is 6. The van der Waals surface area contributed by atoms with Crippen LogP contribution in [0.1, 0.15) is 17.3 Å². The van der Waals surface area contributed by atoms with E-state index in [0.717, 1.165) is 33.6 Å². The van der Waals surface area contributed by atoms with Gasteiger partial charge in [-0.2, -0.15) is 0 Å². The van der Waals surface area contributed by atoms with Gasteiger partial charge in [-0.25, -0.2) is 9.50 Å². The summed E-state index contributed by atoms with van der Waals surface area (Å²) in [6.45, 7) is 2.88. The van der Waals surface area contributed by atoms with Gasteiger partial charge >= 0.3 is 0 Å². The van der Waals surface area contributed by atoms with Crippen molar-refractivity contribution < 1.29 is 4.79 Å². The number of carbonyl (C=O) groups is 1. The maximum absolute atomic E-state index is 12.2. The van der Waals surface area contributed by atoms with Gasteiger partial charge in [0.15, 0.2) is 0 Å². The Morgan fingerprint density at radius 2 is 1.96 bits per heavy atom. The van der Waals surface area contributed by atoms with Crippen LogP contribution in [-0.2, 0) is 0 Å². The van der Waals surface area contributed by atoms with E-state index in [-0.39, 0.29) is 5.91 Å². The molecule has 1 amide bonds. The Bertz CT molecular complexity index is 1090. The third-order valence-electron chi connectivity index (χ3n) is 4.37. The van der Waals surface area contributed by atoms with E-state index in [1.807, 2.05) is 42.6 Å². The molecule has 0 spiro atoms. The van der Waals surface area contributed by atoms with E-state index in [1.165, 1.54) is 11.3 Å². The lowest BCUT2D eigenvalue weighted by atomic mass is 10.1. The monoisotopic (exact) mass is 392 g/mol. The first-order chi connectivity index (χ1) is 13.6. The van der Waals surface area contributed by atoms with Gasteiger partial charge in [0.1, 0.15) is 0 Å². The number of benzene rings is 1. The summed E-state index contributed by atoms with van der Waals surface area (Å²) < 4.78 is 1.79. The van der Waals surface area contributed by atoms with Crippen molar-refractivity contribution in [3.05, 3.63) is 60.6 Å². The fourth-order valence-electron chi connectivity index (χ4n) is 2.96. The van der Waals surface area contributed by atoms with Crippen LogP contribution < -0.4 is 4.90 Å². The second-order valence-electron chi connectivity index (χ2n) is 6.47. The van der Waals surface area contributed by atoms with Gasteiger partial charge in [0, 0.05) is 49.8 Å². The predicted molar refractivity (Wildman–Crippen MR) is 111 cm³/mol. The van der Waals surface area contributed by atoms with Crippen molar-refractivity contribution >= 4 is 33.0 Å². The summed E-state index contributed by atoms with van der Waals surface area (Å²) in [5, 5.41) is 5.57. The van der Waals surface area contributed by atoms with Gasteiger partial charge in [-0.1, -0.05) is 23.5 Å². The minimum absolute atomic E-state index is 0.0285. The van der Waals surface area contributed by atoms with Crippen LogP contribution in [0.5, 0.6) is 0 Å². The molecule has 0 radical (unpaired) electrons. The SMILES string of the molecule is CCN(c1ccncc1)c1nn2cc(-c3cccc(C(=O)N(C)C)c3)nc2s1. The molecule has 0 aliphatic heterocycles. The maximum atomic E-state index is 12.2. The molecule has 0 aliphatic rings. The average molecular weight is 392 g/mol. The molecule has 28 heavy (non-hydrogen) atoms. The number of anilines is 2. The van der Waals surface area contributed by atoms with Gasteiger partial charge in [0.05, 0.1) is 11.9 Å². The van der Waals surface area contributed by atoms with Crippen LogP contribution in [0.15, 0.2) is 55.0 Å². The Kier molecular flexibility index (Phi) is 4.79. The van der Waals surface area contributed by atoms with E-state index in [4.69, 9.17) is 10.1 Å². The minimum Gasteiger partial charge on any atom is -0.345 e. The van der Waals surface area contributed by atoms with Crippen LogP contribution in [0.4, 0.5) is 10.8 Å². The van der Waals surface area contributed by atoms with E-state index in [2.05, 4.69) is 16.8 Å². The molecule has 4 rings (SSSR count). The summed E-state index contributed by atoms with van der Waals surface area (Å²) in [5.74, 6) is -0.0285. The number of aromatic nitrogens is 4. The van der Waals surface area contributed by atoms with Crippen molar-refractivity contribution in [3.63, 3.8) is 0 Å². The van der Waals surface area contributed by atoms with Crippen molar-refractivity contribution in [2.75, 3.05) is 25.5 Å². The summed E-state index contributed by atoms with van der Waals surface area (Å²) in [4.78, 5) is 25.5. The van der Waals surface area contributed by atoms with Gasteiger partial charge in [0.2, 0.25) is 10.1 Å². The Morgan fingerprint density at radius 3 is 2.64 bits per heavy atom. The molecule has 1 aromatic carbocycles. The third kappa shape index (κ3) is 3.34. The zero-order valence-corrected chi connectivity index (χ0v) is 16.7. The van der Waals surface area contributed by atoms with Crippen LogP contribution in [0.2, 0.25) is 0 Å². The average Bonchev–Trinajstić information content (AvgIpc) is 3.28. The van der Waals surface area contributed by atoms with E-state index >= 15 is 0 Å². The summed E-state index contributed by atoms with van der Waals surface area (Å²) >= 11 is 1.53. The molecule has 3 aromatic heterocycles. The van der Waals surface area contributed by atoms with Gasteiger partial charge in [-0.05, 0) is 31.2 Å². The van der Waals surface area contributed by atoms with Crippen molar-refractivity contribution in [2.45, 2.75) is 6.92 Å². The first-order valence-electron chi connectivity index (χ1n) is 8.92. The van der Waals surface area contributed by atoms with Crippen molar-refractivity contribution in [1.82, 2.24) is 24.5 Å². The number of hydrogen-bond donors (Lipinski definition) is 0. The second-order valence-corrected chi connectivity index (χ2v) is 7.40. The molecule has 0 N–H and O–H groups in total. The summed E-state index contributed by atoms with van der Waals surface area (Å²) in [7, 11) is 3.49. The smallest absolute Gasteiger partial charge is 0.253 e. The second kappa shape index (κ2) is 7.40. The molecule has 3 heterocycles. The lowest BCUT2D eigenvalue weighted by molar-refractivity contribution is 0.0827. The van der Waals surface area contributed by atoms with Crippen molar-refractivity contribution in [3.8, 4) is 11.3 Å². The van der Waals surface area contributed by atoms with Gasteiger partial charge in [-0.15, -0.1) is 5.10 Å². The number of hydrogen-bond acceptors (Lipinski definition) is 6. The molecule has 0 saturated heterocycles. The fourth-order valence-corrected chi connectivity index (χ4v) is 3.93. The van der Waals surface area contributed by atoms with Crippen LogP contribution >= 0.6 is 11.3 Å². The highest BCUT2D eigenvalue weighted by Gasteiger charge is 2.16. The molecular weight excluding hydrogens is 372 g/mol. The van der Waals surface area contributed by atoms with Crippen molar-refractivity contribution in [2.24, 2.45) is 0 Å². The van der Waals surface area contributed by atoms with Crippen molar-refractivity contribution in [1.29, 1.82) is 0 Å². The van der Waals surface area contributed by atoms with Crippen LogP contribution in [0.25, 0.3) is 16.2 Å². The standard InChI is InChI=1S/C20H20N6OS/c1-4-25(16-8-10-21-11-9-16)20-23-26-13-17(22-19(26)28-20)14-6-5-7-15(12-14)18(27)24(2)3/h5-13H,4H2,1-3H3. The fraction of sp³-hybridized carbons (Fsp3) is 0.200. The third-order valence-corrected chi connectivity index (χ3v) is 5.31. The van der Waals surface area contributed by atoms with Crippen LogP contribution in [0, 0.1) is 0 Å². The number of pyridine rings is 1. The Balaban J connectivity index is 1.66. The molecule has 8 heteroatoms. The molecule has 0 atom stereocenters. The van der Waals surface area contributed by atoms with Crippen LogP contribution in [0.3, 0.4) is 0 Å². The molecular formula is C20H20N6OS. The number of rotatable bonds is 5. The lowest BCUT2D eigenvalue weighted by Crippen LogP contribution is -2.21. The maximum Gasteiger partial charge on any atom is 0.253 e. The molecule has 0 bridgehead atoms. The number of carbonyl (C=O) groups excluding carboxylic acids is 1. The van der Waals surface area contributed by atoms with Crippen LogP contribution in [-0.4, -0.2) is 51.0 Å². The Labute approximate surface area is 166 Å². The highest BCUT2D eigenvalue weighted by atomic mass is 32.1. The topological polar surface area (TPSA) is 66.6 Å². The predicted octanol–water partition coefficient (Wildman–Crippen LogP) is 3.71. The zero-order valence-electron chi connectivity index (χ0n) is 15.9. The number of amides is 1. The van der Waals surface area contributed by atoms with Gasteiger partial charge < -0.3 is 9.80 Å². The van der Waals surface area contributed by atoms with E-state index in [9.17, 15) is 4.79 Å². The molecule has 0 saturated carbocycles. The lowest BCUT2D eigenvalue weighted by Gasteiger charge is -2.18. The van der Waals surface area contributed by atoms with E-state index < -0.39 is 0 Å². The largest absolute Gasteiger partial charge is 0.345 e. The summed E-state index contributed by atoms with van der Waals surface area (Å²) in [5.41, 5.74) is 3.38. The van der Waals surface area contributed by atoms with Gasteiger partial charge in [-0.3, -0.25) is 9.78 Å². The Hall–Kier alpha value is -3.26. The zero-order chi connectivity index (χ0) is 19.7.